The molecule has 20 heavy (non-hydrogen) atoms. The summed E-state index contributed by atoms with van der Waals surface area (Å²) in [7, 11) is 1.71. The molecule has 108 valence electrons. The second kappa shape index (κ2) is 6.93. The zero-order valence-corrected chi connectivity index (χ0v) is 13.9. The lowest BCUT2D eigenvalue weighted by Gasteiger charge is -2.29. The molecule has 0 aliphatic carbocycles. The highest BCUT2D eigenvalue weighted by Crippen LogP contribution is 2.31. The summed E-state index contributed by atoms with van der Waals surface area (Å²) >= 11 is 3.51. The molecule has 0 aliphatic heterocycles. The van der Waals surface area contributed by atoms with E-state index in [0.717, 1.165) is 40.6 Å². The summed E-state index contributed by atoms with van der Waals surface area (Å²) in [4.78, 5) is 6.96. The zero-order valence-electron chi connectivity index (χ0n) is 12.3. The lowest BCUT2D eigenvalue weighted by Crippen LogP contribution is -2.32. The van der Waals surface area contributed by atoms with Crippen LogP contribution < -0.4 is 9.64 Å². The van der Waals surface area contributed by atoms with Crippen LogP contribution in [-0.2, 0) is 0 Å². The van der Waals surface area contributed by atoms with Gasteiger partial charge in [0, 0.05) is 34.9 Å². The molecule has 0 spiro atoms. The topological polar surface area (TPSA) is 25.4 Å². The molecule has 0 unspecified atom stereocenters. The summed E-state index contributed by atoms with van der Waals surface area (Å²) in [6.07, 6.45) is 2.96. The van der Waals surface area contributed by atoms with Gasteiger partial charge in [0.05, 0.1) is 7.11 Å². The van der Waals surface area contributed by atoms with Gasteiger partial charge in [-0.05, 0) is 32.4 Å². The van der Waals surface area contributed by atoms with Crippen LogP contribution in [0.15, 0.2) is 30.5 Å². The van der Waals surface area contributed by atoms with Gasteiger partial charge in [-0.1, -0.05) is 28.1 Å². The molecule has 2 aromatic rings. The van der Waals surface area contributed by atoms with Gasteiger partial charge in [-0.2, -0.15) is 0 Å². The van der Waals surface area contributed by atoms with Crippen LogP contribution in [0.1, 0.15) is 20.3 Å². The number of nitrogens with zero attached hydrogens (tertiary/aromatic N) is 2. The number of methoxy groups -OCH3 is 1. The Bertz CT molecular complexity index is 571. The van der Waals surface area contributed by atoms with E-state index in [-0.39, 0.29) is 0 Å². The number of halogens is 1. The molecule has 0 aliphatic rings. The maximum absolute atomic E-state index is 5.45. The van der Waals surface area contributed by atoms with Crippen LogP contribution in [0.3, 0.4) is 0 Å². The summed E-state index contributed by atoms with van der Waals surface area (Å²) in [6.45, 7) is 5.40. The first-order valence-electron chi connectivity index (χ1n) is 6.93. The number of alkyl halides is 1. The molecule has 2 rings (SSSR count). The highest BCUT2D eigenvalue weighted by Gasteiger charge is 2.15. The molecule has 0 saturated carbocycles. The monoisotopic (exact) mass is 336 g/mol. The molecule has 0 radical (unpaired) electrons. The fraction of sp³-hybridized carbons (Fsp3) is 0.438. The largest absolute Gasteiger partial charge is 0.496 e. The average Bonchev–Trinajstić information content (AvgIpc) is 2.46. The van der Waals surface area contributed by atoms with E-state index in [9.17, 15) is 0 Å². The van der Waals surface area contributed by atoms with Crippen LogP contribution in [0.4, 0.5) is 5.82 Å². The fourth-order valence-electron chi connectivity index (χ4n) is 2.41. The van der Waals surface area contributed by atoms with E-state index >= 15 is 0 Å². The van der Waals surface area contributed by atoms with Gasteiger partial charge in [-0.3, -0.25) is 0 Å². The molecule has 1 aromatic heterocycles. The number of anilines is 1. The molecule has 3 nitrogen and oxygen atoms in total. The number of hydrogen-bond donors (Lipinski definition) is 0. The molecule has 0 atom stereocenters. The van der Waals surface area contributed by atoms with E-state index in [4.69, 9.17) is 4.74 Å². The van der Waals surface area contributed by atoms with E-state index in [1.807, 2.05) is 24.4 Å². The van der Waals surface area contributed by atoms with E-state index in [0.29, 0.717) is 6.04 Å². The molecular formula is C16H21BrN2O. The van der Waals surface area contributed by atoms with Crippen molar-refractivity contribution in [2.45, 2.75) is 26.3 Å². The van der Waals surface area contributed by atoms with E-state index in [1.54, 1.807) is 7.11 Å². The first-order valence-corrected chi connectivity index (χ1v) is 8.05. The van der Waals surface area contributed by atoms with Gasteiger partial charge < -0.3 is 9.64 Å². The van der Waals surface area contributed by atoms with Crippen molar-refractivity contribution < 1.29 is 4.74 Å². The molecule has 0 amide bonds. The molecular weight excluding hydrogens is 316 g/mol. The zero-order chi connectivity index (χ0) is 14.5. The molecule has 0 fully saturated rings. The third-order valence-corrected chi connectivity index (χ3v) is 3.95. The molecule has 4 heteroatoms. The lowest BCUT2D eigenvalue weighted by atomic mass is 10.1. The molecule has 0 saturated heterocycles. The van der Waals surface area contributed by atoms with E-state index in [1.165, 1.54) is 0 Å². The smallest absolute Gasteiger partial charge is 0.136 e. The van der Waals surface area contributed by atoms with Crippen LogP contribution in [0.25, 0.3) is 10.8 Å². The van der Waals surface area contributed by atoms with Crippen LogP contribution in [0.2, 0.25) is 0 Å². The van der Waals surface area contributed by atoms with Crippen molar-refractivity contribution in [1.82, 2.24) is 4.98 Å². The van der Waals surface area contributed by atoms with Crippen molar-refractivity contribution in [3.05, 3.63) is 30.5 Å². The summed E-state index contributed by atoms with van der Waals surface area (Å²) in [6, 6.07) is 8.56. The number of hydrogen-bond acceptors (Lipinski definition) is 3. The Morgan fingerprint density at radius 2 is 2.05 bits per heavy atom. The Balaban J connectivity index is 2.52. The highest BCUT2D eigenvalue weighted by atomic mass is 79.9. The third-order valence-electron chi connectivity index (χ3n) is 3.39. The highest BCUT2D eigenvalue weighted by molar-refractivity contribution is 9.09. The van der Waals surface area contributed by atoms with Gasteiger partial charge >= 0.3 is 0 Å². The SMILES string of the molecule is COc1cccc2c(N(CCCBr)C(C)C)nccc12. The standard InChI is InChI=1S/C16H21BrN2O/c1-12(2)19(11-5-9-17)16-14-6-4-7-15(20-3)13(14)8-10-18-16/h4,6-8,10,12H,5,9,11H2,1-3H3. The lowest BCUT2D eigenvalue weighted by molar-refractivity contribution is 0.420. The summed E-state index contributed by atoms with van der Waals surface area (Å²) in [5, 5.41) is 3.27. The third kappa shape index (κ3) is 3.06. The minimum atomic E-state index is 0.415. The van der Waals surface area contributed by atoms with Crippen LogP contribution in [0, 0.1) is 0 Å². The second-order valence-electron chi connectivity index (χ2n) is 5.02. The van der Waals surface area contributed by atoms with Crippen LogP contribution in [0.5, 0.6) is 5.75 Å². The Labute approximate surface area is 129 Å². The molecule has 0 bridgehead atoms. The normalized spacial score (nSPS) is 11.1. The van der Waals surface area contributed by atoms with E-state index in [2.05, 4.69) is 45.7 Å². The predicted octanol–water partition coefficient (Wildman–Crippen LogP) is 4.24. The number of fused-ring (bicyclic) bond motifs is 1. The Morgan fingerprint density at radius 3 is 2.70 bits per heavy atom. The van der Waals surface area contributed by atoms with Gasteiger partial charge in [0.25, 0.3) is 0 Å². The minimum Gasteiger partial charge on any atom is -0.496 e. The van der Waals surface area contributed by atoms with Crippen molar-refractivity contribution in [3.63, 3.8) is 0 Å². The summed E-state index contributed by atoms with van der Waals surface area (Å²) < 4.78 is 5.45. The Morgan fingerprint density at radius 1 is 1.25 bits per heavy atom. The second-order valence-corrected chi connectivity index (χ2v) is 5.81. The average molecular weight is 337 g/mol. The van der Waals surface area contributed by atoms with Gasteiger partial charge in [0.15, 0.2) is 0 Å². The number of benzene rings is 1. The quantitative estimate of drug-likeness (QED) is 0.737. The first-order chi connectivity index (χ1) is 9.69. The van der Waals surface area contributed by atoms with Gasteiger partial charge in [-0.15, -0.1) is 0 Å². The van der Waals surface area contributed by atoms with Gasteiger partial charge in [0.1, 0.15) is 11.6 Å². The number of ether oxygens (including phenoxy) is 1. The Hall–Kier alpha value is -1.29. The van der Waals surface area contributed by atoms with Crippen molar-refractivity contribution in [1.29, 1.82) is 0 Å². The number of aromatic nitrogens is 1. The molecule has 1 heterocycles. The predicted molar refractivity (Wildman–Crippen MR) is 89.2 cm³/mol. The van der Waals surface area contributed by atoms with Crippen LogP contribution >= 0.6 is 15.9 Å². The fourth-order valence-corrected chi connectivity index (χ4v) is 2.66. The minimum absolute atomic E-state index is 0.415. The van der Waals surface area contributed by atoms with Crippen molar-refractivity contribution >= 4 is 32.5 Å². The van der Waals surface area contributed by atoms with E-state index < -0.39 is 0 Å². The maximum Gasteiger partial charge on any atom is 0.136 e. The molecule has 0 N–H and O–H groups in total. The Kier molecular flexibility index (Phi) is 5.24. The van der Waals surface area contributed by atoms with Crippen molar-refractivity contribution in [3.8, 4) is 5.75 Å². The van der Waals surface area contributed by atoms with Crippen LogP contribution in [-0.4, -0.2) is 30.0 Å². The van der Waals surface area contributed by atoms with Crippen molar-refractivity contribution in [2.24, 2.45) is 0 Å². The van der Waals surface area contributed by atoms with Crippen molar-refractivity contribution in [2.75, 3.05) is 23.9 Å². The number of pyridine rings is 1. The van der Waals surface area contributed by atoms with Gasteiger partial charge in [0.2, 0.25) is 0 Å². The molecule has 1 aromatic carbocycles. The van der Waals surface area contributed by atoms with Gasteiger partial charge in [-0.25, -0.2) is 4.98 Å². The first kappa shape index (κ1) is 15.1. The summed E-state index contributed by atoms with van der Waals surface area (Å²) in [5.74, 6) is 1.94. The summed E-state index contributed by atoms with van der Waals surface area (Å²) in [5.41, 5.74) is 0. The number of rotatable bonds is 6. The maximum atomic E-state index is 5.45.